The molecule has 0 radical (unpaired) electrons. The first kappa shape index (κ1) is 19.9. The minimum Gasteiger partial charge on any atom is -0.465 e. The number of ether oxygens (including phenoxy) is 2. The maximum Gasteiger partial charge on any atom is 0.339 e. The van der Waals surface area contributed by atoms with Crippen LogP contribution in [-0.2, 0) is 21.3 Å². The zero-order valence-electron chi connectivity index (χ0n) is 15.7. The van der Waals surface area contributed by atoms with Crippen molar-refractivity contribution in [1.82, 2.24) is 14.8 Å². The maximum absolute atomic E-state index is 12.4. The van der Waals surface area contributed by atoms with Gasteiger partial charge in [-0.05, 0) is 31.0 Å². The van der Waals surface area contributed by atoms with Crippen LogP contribution in [0.5, 0.6) is 0 Å². The van der Waals surface area contributed by atoms with Crippen molar-refractivity contribution in [3.05, 3.63) is 35.2 Å². The molecule has 1 amide bonds. The molecule has 28 heavy (non-hydrogen) atoms. The summed E-state index contributed by atoms with van der Waals surface area (Å²) in [4.78, 5) is 36.1. The lowest BCUT2D eigenvalue weighted by molar-refractivity contribution is -0.113. The topological polar surface area (TPSA) is 112 Å². The molecule has 10 heteroatoms. The number of nitrogens with zero attached hydrogens (tertiary/aromatic N) is 3. The number of anilines is 1. The average molecular weight is 404 g/mol. The van der Waals surface area contributed by atoms with E-state index in [1.807, 2.05) is 11.6 Å². The molecule has 1 aliphatic rings. The van der Waals surface area contributed by atoms with Gasteiger partial charge in [0.05, 0.1) is 36.8 Å². The number of carbonyl (C=O) groups excluding carboxylic acids is 3. The van der Waals surface area contributed by atoms with Gasteiger partial charge in [-0.3, -0.25) is 4.79 Å². The first-order chi connectivity index (χ1) is 13.4. The van der Waals surface area contributed by atoms with E-state index in [-0.39, 0.29) is 28.5 Å². The number of esters is 2. The predicted molar refractivity (Wildman–Crippen MR) is 101 cm³/mol. The first-order valence-corrected chi connectivity index (χ1v) is 9.55. The van der Waals surface area contributed by atoms with Crippen LogP contribution >= 0.6 is 11.8 Å². The van der Waals surface area contributed by atoms with Crippen LogP contribution < -0.4 is 5.32 Å². The summed E-state index contributed by atoms with van der Waals surface area (Å²) < 4.78 is 11.3. The van der Waals surface area contributed by atoms with Gasteiger partial charge in [-0.15, -0.1) is 10.2 Å². The third-order valence-electron chi connectivity index (χ3n) is 4.26. The third-order valence-corrected chi connectivity index (χ3v) is 5.28. The molecule has 0 spiro atoms. The summed E-state index contributed by atoms with van der Waals surface area (Å²) in [5.74, 6) is -0.0893. The summed E-state index contributed by atoms with van der Waals surface area (Å²) >= 11 is 1.24. The van der Waals surface area contributed by atoms with Crippen molar-refractivity contribution in [2.24, 2.45) is 7.05 Å². The van der Waals surface area contributed by atoms with Gasteiger partial charge in [0, 0.05) is 13.0 Å². The smallest absolute Gasteiger partial charge is 0.339 e. The quantitative estimate of drug-likeness (QED) is 0.551. The average Bonchev–Trinajstić information content (AvgIpc) is 3.48. The lowest BCUT2D eigenvalue weighted by atomic mass is 10.1. The fourth-order valence-corrected chi connectivity index (χ4v) is 3.36. The Hall–Kier alpha value is -2.88. The molecule has 1 aromatic heterocycles. The van der Waals surface area contributed by atoms with Crippen LogP contribution in [0.1, 0.15) is 45.3 Å². The summed E-state index contributed by atoms with van der Waals surface area (Å²) in [5.41, 5.74) is 0.528. The summed E-state index contributed by atoms with van der Waals surface area (Å²) in [6.45, 7) is 0. The molecule has 1 aliphatic carbocycles. The summed E-state index contributed by atoms with van der Waals surface area (Å²) in [5, 5.41) is 11.6. The second-order valence-corrected chi connectivity index (χ2v) is 7.20. The molecule has 2 aromatic rings. The fourth-order valence-electron chi connectivity index (χ4n) is 2.65. The Balaban J connectivity index is 1.71. The molecule has 1 saturated carbocycles. The summed E-state index contributed by atoms with van der Waals surface area (Å²) in [6.07, 6.45) is 2.23. The summed E-state index contributed by atoms with van der Waals surface area (Å²) in [7, 11) is 4.37. The van der Waals surface area contributed by atoms with E-state index >= 15 is 0 Å². The van der Waals surface area contributed by atoms with Crippen LogP contribution in [0.15, 0.2) is 23.4 Å². The number of hydrogen-bond donors (Lipinski definition) is 1. The largest absolute Gasteiger partial charge is 0.465 e. The fraction of sp³-hybridized carbons (Fsp3) is 0.389. The molecule has 0 unspecified atom stereocenters. The molecule has 1 N–H and O–H groups in total. The SMILES string of the molecule is COC(=O)c1ccc(C(=O)OC)c(NC(=O)CSc2nnc(C3CC3)n2C)c1. The minimum atomic E-state index is -0.623. The lowest BCUT2D eigenvalue weighted by Crippen LogP contribution is -2.18. The van der Waals surface area contributed by atoms with Crippen LogP contribution in [0.4, 0.5) is 5.69 Å². The molecular weight excluding hydrogens is 384 g/mol. The normalized spacial score (nSPS) is 13.1. The number of amides is 1. The molecule has 148 valence electrons. The number of nitrogens with one attached hydrogen (secondary N) is 1. The lowest BCUT2D eigenvalue weighted by Gasteiger charge is -2.11. The van der Waals surface area contributed by atoms with Crippen molar-refractivity contribution >= 4 is 35.3 Å². The van der Waals surface area contributed by atoms with Crippen LogP contribution in [0.2, 0.25) is 0 Å². The Morgan fingerprint density at radius 1 is 1.18 bits per heavy atom. The number of aromatic nitrogens is 3. The molecule has 1 aromatic carbocycles. The monoisotopic (exact) mass is 404 g/mol. The second-order valence-electron chi connectivity index (χ2n) is 6.25. The van der Waals surface area contributed by atoms with E-state index in [1.165, 1.54) is 44.2 Å². The highest BCUT2D eigenvalue weighted by Gasteiger charge is 2.29. The number of methoxy groups -OCH3 is 2. The molecule has 0 bridgehead atoms. The van der Waals surface area contributed by atoms with Crippen molar-refractivity contribution in [3.8, 4) is 0 Å². The Morgan fingerprint density at radius 2 is 1.89 bits per heavy atom. The zero-order valence-corrected chi connectivity index (χ0v) is 16.5. The number of rotatable bonds is 7. The van der Waals surface area contributed by atoms with E-state index in [2.05, 4.69) is 20.3 Å². The van der Waals surface area contributed by atoms with E-state index in [1.54, 1.807) is 0 Å². The van der Waals surface area contributed by atoms with Crippen molar-refractivity contribution in [2.45, 2.75) is 23.9 Å². The van der Waals surface area contributed by atoms with Gasteiger partial charge in [0.25, 0.3) is 0 Å². The van der Waals surface area contributed by atoms with Crippen LogP contribution in [-0.4, -0.2) is 52.6 Å². The number of benzene rings is 1. The van der Waals surface area contributed by atoms with Gasteiger partial charge >= 0.3 is 11.9 Å². The van der Waals surface area contributed by atoms with Crippen LogP contribution in [0.3, 0.4) is 0 Å². The highest BCUT2D eigenvalue weighted by Crippen LogP contribution is 2.39. The standard InChI is InChI=1S/C18H20N4O5S/c1-22-15(10-4-5-10)20-21-18(22)28-9-14(23)19-13-8-11(16(24)26-2)6-7-12(13)17(25)27-3/h6-8,10H,4-5,9H2,1-3H3,(H,19,23). The van der Waals surface area contributed by atoms with Gasteiger partial charge < -0.3 is 19.4 Å². The Bertz CT molecular complexity index is 923. The van der Waals surface area contributed by atoms with Gasteiger partial charge in [-0.2, -0.15) is 0 Å². The molecule has 0 aliphatic heterocycles. The highest BCUT2D eigenvalue weighted by molar-refractivity contribution is 7.99. The number of thioether (sulfide) groups is 1. The Labute approximate surface area is 165 Å². The third kappa shape index (κ3) is 4.33. The Morgan fingerprint density at radius 3 is 2.54 bits per heavy atom. The molecule has 0 atom stereocenters. The van der Waals surface area contributed by atoms with Crippen LogP contribution in [0, 0.1) is 0 Å². The molecule has 3 rings (SSSR count). The molecule has 1 heterocycles. The van der Waals surface area contributed by atoms with Gasteiger partial charge in [0.2, 0.25) is 5.91 Å². The highest BCUT2D eigenvalue weighted by atomic mass is 32.2. The van der Waals surface area contributed by atoms with E-state index in [4.69, 9.17) is 4.74 Å². The second kappa shape index (κ2) is 8.42. The first-order valence-electron chi connectivity index (χ1n) is 8.57. The minimum absolute atomic E-state index is 0.0692. The summed E-state index contributed by atoms with van der Waals surface area (Å²) in [6, 6.07) is 4.22. The Kier molecular flexibility index (Phi) is 5.98. The van der Waals surface area contributed by atoms with Crippen molar-refractivity contribution in [1.29, 1.82) is 0 Å². The van der Waals surface area contributed by atoms with Crippen molar-refractivity contribution in [3.63, 3.8) is 0 Å². The van der Waals surface area contributed by atoms with Crippen LogP contribution in [0.25, 0.3) is 0 Å². The van der Waals surface area contributed by atoms with Crippen molar-refractivity contribution in [2.75, 3.05) is 25.3 Å². The van der Waals surface area contributed by atoms with Gasteiger partial charge in [0.1, 0.15) is 5.82 Å². The van der Waals surface area contributed by atoms with Gasteiger partial charge in [0.15, 0.2) is 5.16 Å². The van der Waals surface area contributed by atoms with Gasteiger partial charge in [-0.1, -0.05) is 11.8 Å². The van der Waals surface area contributed by atoms with E-state index in [0.29, 0.717) is 11.1 Å². The molecule has 1 fully saturated rings. The molecule has 9 nitrogen and oxygen atoms in total. The number of carbonyl (C=O) groups is 3. The van der Waals surface area contributed by atoms with E-state index in [0.717, 1.165) is 18.7 Å². The van der Waals surface area contributed by atoms with Gasteiger partial charge in [-0.25, -0.2) is 9.59 Å². The van der Waals surface area contributed by atoms with Crippen molar-refractivity contribution < 1.29 is 23.9 Å². The van der Waals surface area contributed by atoms with E-state index < -0.39 is 11.9 Å². The van der Waals surface area contributed by atoms with E-state index in [9.17, 15) is 14.4 Å². The number of hydrogen-bond acceptors (Lipinski definition) is 8. The predicted octanol–water partition coefficient (Wildman–Crippen LogP) is 2.00. The molecular formula is C18H20N4O5S. The molecule has 0 saturated heterocycles. The zero-order chi connectivity index (χ0) is 20.3. The maximum atomic E-state index is 12.4.